The molecule has 0 saturated heterocycles. The maximum absolute atomic E-state index is 6.25. The molecule has 33 heavy (non-hydrogen) atoms. The minimum atomic E-state index is -0.268. The molecule has 6 nitrogen and oxygen atoms in total. The van der Waals surface area contributed by atoms with Crippen LogP contribution in [0, 0.1) is 0 Å². The first-order chi connectivity index (χ1) is 15.6. The first-order valence-electron chi connectivity index (χ1n) is 10.1. The van der Waals surface area contributed by atoms with E-state index in [1.165, 1.54) is 6.08 Å². The number of nitrogens with zero attached hydrogens (tertiary/aromatic N) is 1. The number of halogens is 4. The van der Waals surface area contributed by atoms with Gasteiger partial charge in [-0.05, 0) is 44.6 Å². The molecule has 180 valence electrons. The van der Waals surface area contributed by atoms with Gasteiger partial charge in [-0.3, -0.25) is 10.3 Å². The molecule has 0 aliphatic carbocycles. The fraction of sp³-hybridized carbons (Fsp3) is 0.348. The van der Waals surface area contributed by atoms with Gasteiger partial charge in [-0.2, -0.15) is 0 Å². The van der Waals surface area contributed by atoms with Gasteiger partial charge >= 0.3 is 0 Å². The third-order valence-electron chi connectivity index (χ3n) is 3.71. The molecule has 0 aliphatic rings. The Morgan fingerprint density at radius 2 is 1.73 bits per heavy atom. The summed E-state index contributed by atoms with van der Waals surface area (Å²) >= 11 is 23.6. The quantitative estimate of drug-likeness (QED) is 0.228. The van der Waals surface area contributed by atoms with Gasteiger partial charge in [0.15, 0.2) is 5.75 Å². The summed E-state index contributed by atoms with van der Waals surface area (Å²) < 4.78 is 16.9. The monoisotopic (exact) mass is 534 g/mol. The summed E-state index contributed by atoms with van der Waals surface area (Å²) in [4.78, 5) is 9.67. The van der Waals surface area contributed by atoms with E-state index < -0.39 is 0 Å². The van der Waals surface area contributed by atoms with Crippen LogP contribution < -0.4 is 19.7 Å². The lowest BCUT2D eigenvalue weighted by atomic mass is 10.2. The lowest BCUT2D eigenvalue weighted by Crippen LogP contribution is -2.25. The Kier molecular flexibility index (Phi) is 11.4. The average Bonchev–Trinajstić information content (AvgIpc) is 2.72. The van der Waals surface area contributed by atoms with E-state index in [1.807, 2.05) is 32.9 Å². The molecule has 0 fully saturated rings. The van der Waals surface area contributed by atoms with Crippen LogP contribution in [0.1, 0.15) is 32.8 Å². The highest BCUT2D eigenvalue weighted by atomic mass is 35.5. The Morgan fingerprint density at radius 1 is 1.03 bits per heavy atom. The normalized spacial score (nSPS) is 11.4. The Labute approximate surface area is 214 Å². The van der Waals surface area contributed by atoms with Crippen LogP contribution in [0.3, 0.4) is 0 Å². The van der Waals surface area contributed by atoms with Gasteiger partial charge in [-0.1, -0.05) is 46.4 Å². The maximum atomic E-state index is 6.25. The standard InChI is InChI=1S/C23H26Cl4N2O4/c1-23(2,3)33-29-9-7-16-5-6-21(28-15-16)31-10-4-11-32-22-18(24)13-17(14-19(22)25)30-12-8-20(26)27/h5-9,13-15,29H,4,10-12H2,1-3H3. The van der Waals surface area contributed by atoms with E-state index in [2.05, 4.69) is 10.5 Å². The number of benzene rings is 1. The van der Waals surface area contributed by atoms with E-state index >= 15 is 0 Å². The van der Waals surface area contributed by atoms with Crippen molar-refractivity contribution in [3.63, 3.8) is 0 Å². The predicted molar refractivity (Wildman–Crippen MR) is 135 cm³/mol. The van der Waals surface area contributed by atoms with Gasteiger partial charge in [-0.15, -0.1) is 0 Å². The highest BCUT2D eigenvalue weighted by molar-refractivity contribution is 6.55. The van der Waals surface area contributed by atoms with Crippen molar-refractivity contribution >= 4 is 52.5 Å². The molecular weight excluding hydrogens is 510 g/mol. The Hall–Kier alpha value is -1.83. The Bertz CT molecular complexity index is 917. The van der Waals surface area contributed by atoms with Gasteiger partial charge < -0.3 is 14.2 Å². The lowest BCUT2D eigenvalue weighted by Gasteiger charge is -2.17. The smallest absolute Gasteiger partial charge is 0.213 e. The van der Waals surface area contributed by atoms with Gasteiger partial charge in [0.1, 0.15) is 16.8 Å². The van der Waals surface area contributed by atoms with Crippen molar-refractivity contribution in [2.45, 2.75) is 32.8 Å². The van der Waals surface area contributed by atoms with Crippen LogP contribution in [-0.4, -0.2) is 30.4 Å². The molecule has 0 atom stereocenters. The Morgan fingerprint density at radius 3 is 2.33 bits per heavy atom. The van der Waals surface area contributed by atoms with Gasteiger partial charge in [0.05, 0.1) is 28.9 Å². The molecule has 2 aromatic rings. The molecule has 1 N–H and O–H groups in total. The molecule has 0 unspecified atom stereocenters. The Balaban J connectivity index is 1.72. The minimum Gasteiger partial charge on any atom is -0.490 e. The molecule has 1 aromatic heterocycles. The molecule has 0 amide bonds. The zero-order valence-electron chi connectivity index (χ0n) is 18.5. The lowest BCUT2D eigenvalue weighted by molar-refractivity contribution is -0.0517. The number of pyridine rings is 1. The fourth-order valence-corrected chi connectivity index (χ4v) is 2.99. The molecule has 0 radical (unpaired) electrons. The summed E-state index contributed by atoms with van der Waals surface area (Å²) in [5.74, 6) is 1.39. The molecule has 0 saturated carbocycles. The molecule has 10 heteroatoms. The highest BCUT2D eigenvalue weighted by Crippen LogP contribution is 2.37. The van der Waals surface area contributed by atoms with Crippen molar-refractivity contribution in [1.29, 1.82) is 0 Å². The first kappa shape index (κ1) is 27.4. The van der Waals surface area contributed by atoms with Crippen LogP contribution in [0.25, 0.3) is 6.08 Å². The molecule has 1 heterocycles. The first-order valence-corrected chi connectivity index (χ1v) is 11.6. The van der Waals surface area contributed by atoms with Crippen LogP contribution in [0.5, 0.6) is 17.4 Å². The number of hydrogen-bond donors (Lipinski definition) is 1. The zero-order chi connectivity index (χ0) is 24.3. The van der Waals surface area contributed by atoms with E-state index in [0.717, 1.165) is 5.56 Å². The minimum absolute atomic E-state index is 0.122. The second kappa shape index (κ2) is 13.8. The van der Waals surface area contributed by atoms with Crippen LogP contribution >= 0.6 is 46.4 Å². The van der Waals surface area contributed by atoms with Gasteiger partial charge in [-0.25, -0.2) is 4.98 Å². The molecular formula is C23H26Cl4N2O4. The molecule has 2 rings (SSSR count). The summed E-state index contributed by atoms with van der Waals surface area (Å²) in [5.41, 5.74) is 3.43. The van der Waals surface area contributed by atoms with Gasteiger partial charge in [0.2, 0.25) is 5.88 Å². The topological polar surface area (TPSA) is 61.8 Å². The van der Waals surface area contributed by atoms with Gasteiger partial charge in [0.25, 0.3) is 0 Å². The molecule has 1 aromatic carbocycles. The van der Waals surface area contributed by atoms with Crippen molar-refractivity contribution in [2.75, 3.05) is 19.8 Å². The SMILES string of the molecule is CC(C)(C)ONC=Cc1ccc(OCCCOc2c(Cl)cc(OCC=C(Cl)Cl)cc2Cl)nc1. The van der Waals surface area contributed by atoms with Crippen LogP contribution in [0.4, 0.5) is 0 Å². The number of ether oxygens (including phenoxy) is 3. The third-order valence-corrected chi connectivity index (χ3v) is 4.58. The molecule has 0 aliphatic heterocycles. The van der Waals surface area contributed by atoms with E-state index in [4.69, 9.17) is 65.5 Å². The zero-order valence-corrected chi connectivity index (χ0v) is 21.6. The summed E-state index contributed by atoms with van der Waals surface area (Å²) in [6.45, 7) is 6.86. The second-order valence-electron chi connectivity index (χ2n) is 7.67. The second-order valence-corrected chi connectivity index (χ2v) is 9.49. The summed E-state index contributed by atoms with van der Waals surface area (Å²) in [5, 5.41) is 0.680. The van der Waals surface area contributed by atoms with Crippen molar-refractivity contribution in [3.8, 4) is 17.4 Å². The summed E-state index contributed by atoms with van der Waals surface area (Å²) in [6.07, 6.45) is 7.39. The van der Waals surface area contributed by atoms with Crippen molar-refractivity contribution in [2.24, 2.45) is 0 Å². The van der Waals surface area contributed by atoms with E-state index in [0.29, 0.717) is 47.1 Å². The maximum Gasteiger partial charge on any atom is 0.213 e. The largest absolute Gasteiger partial charge is 0.490 e. The third kappa shape index (κ3) is 11.2. The van der Waals surface area contributed by atoms with E-state index in [-0.39, 0.29) is 16.7 Å². The number of hydrogen-bond acceptors (Lipinski definition) is 6. The van der Waals surface area contributed by atoms with Crippen LogP contribution in [0.2, 0.25) is 10.0 Å². The van der Waals surface area contributed by atoms with E-state index in [9.17, 15) is 0 Å². The molecule has 0 bridgehead atoms. The highest BCUT2D eigenvalue weighted by Gasteiger charge is 2.11. The predicted octanol–water partition coefficient (Wildman–Crippen LogP) is 7.22. The average molecular weight is 536 g/mol. The summed E-state index contributed by atoms with van der Waals surface area (Å²) in [6, 6.07) is 6.91. The fourth-order valence-electron chi connectivity index (χ4n) is 2.29. The molecule has 0 spiro atoms. The van der Waals surface area contributed by atoms with E-state index in [1.54, 1.807) is 30.6 Å². The van der Waals surface area contributed by atoms with Crippen molar-refractivity contribution in [3.05, 3.63) is 62.8 Å². The van der Waals surface area contributed by atoms with Gasteiger partial charge in [0, 0.05) is 37.0 Å². The van der Waals surface area contributed by atoms with Crippen molar-refractivity contribution < 1.29 is 19.0 Å². The summed E-state index contributed by atoms with van der Waals surface area (Å²) in [7, 11) is 0. The number of aromatic nitrogens is 1. The number of hydroxylamine groups is 1. The van der Waals surface area contributed by atoms with Crippen molar-refractivity contribution in [1.82, 2.24) is 10.5 Å². The van der Waals surface area contributed by atoms with Crippen LogP contribution in [0.15, 0.2) is 47.2 Å². The number of rotatable bonds is 12. The number of nitrogens with one attached hydrogen (secondary N) is 1. The van der Waals surface area contributed by atoms with Crippen LogP contribution in [-0.2, 0) is 4.84 Å².